The first-order valence-electron chi connectivity index (χ1n) is 12.5. The van der Waals surface area contributed by atoms with Gasteiger partial charge in [-0.05, 0) is 56.1 Å². The van der Waals surface area contributed by atoms with Gasteiger partial charge in [0.1, 0.15) is 17.6 Å². The molecular formula is C26H28F2N6O2. The van der Waals surface area contributed by atoms with E-state index in [1.165, 1.54) is 19.6 Å². The van der Waals surface area contributed by atoms with Crippen molar-refractivity contribution in [3.8, 4) is 34.4 Å². The summed E-state index contributed by atoms with van der Waals surface area (Å²) >= 11 is 0. The molecule has 36 heavy (non-hydrogen) atoms. The van der Waals surface area contributed by atoms with Crippen molar-refractivity contribution in [1.29, 1.82) is 0 Å². The van der Waals surface area contributed by atoms with E-state index in [0.29, 0.717) is 22.9 Å². The van der Waals surface area contributed by atoms with Gasteiger partial charge in [0, 0.05) is 11.6 Å². The summed E-state index contributed by atoms with van der Waals surface area (Å²) in [6.07, 6.45) is 8.96. The number of aromatic hydroxyl groups is 1. The van der Waals surface area contributed by atoms with Gasteiger partial charge >= 0.3 is 6.01 Å². The number of hydrogen-bond donors (Lipinski definition) is 1. The Hall–Kier alpha value is -3.43. The number of methoxy groups -OCH3 is 1. The Kier molecular flexibility index (Phi) is 5.89. The highest BCUT2D eigenvalue weighted by molar-refractivity contribution is 5.71. The van der Waals surface area contributed by atoms with Crippen LogP contribution in [0.25, 0.3) is 22.6 Å². The first-order valence-corrected chi connectivity index (χ1v) is 12.5. The van der Waals surface area contributed by atoms with E-state index in [1.807, 2.05) is 0 Å². The molecule has 0 spiro atoms. The maximum Gasteiger partial charge on any atom is 0.316 e. The zero-order chi connectivity index (χ0) is 24.8. The summed E-state index contributed by atoms with van der Waals surface area (Å²) in [6.45, 7) is 0. The summed E-state index contributed by atoms with van der Waals surface area (Å²) in [5.41, 5.74) is 0.722. The Morgan fingerprint density at radius 1 is 1.06 bits per heavy atom. The number of nitrogens with zero attached hydrogens (tertiary/aromatic N) is 6. The first kappa shape index (κ1) is 23.0. The van der Waals surface area contributed by atoms with Gasteiger partial charge in [0.05, 0.1) is 31.1 Å². The molecule has 3 saturated carbocycles. The standard InChI is InChI=1S/C26H28F2N6O2/c1-36-26-30-12-19(27)24(31-26)16-5-8-18(21(35)11-16)25-29-13-22(32-33-25)34(17-6-7-17)20-10-14-3-2-4-15(9-14)23(20)28/h5,8,11-15,17,20,23,35H,2-4,6-7,9-10H2,1H3/t14-,15+,20+,23-/m1/s1. The van der Waals surface area contributed by atoms with Crippen LogP contribution in [0.2, 0.25) is 0 Å². The molecule has 0 aliphatic heterocycles. The summed E-state index contributed by atoms with van der Waals surface area (Å²) in [5.74, 6) is 0.763. The van der Waals surface area contributed by atoms with E-state index in [0.717, 1.165) is 44.7 Å². The fraction of sp³-hybridized carbons (Fsp3) is 0.500. The molecule has 0 amide bonds. The largest absolute Gasteiger partial charge is 0.507 e. The molecule has 3 aromatic rings. The third-order valence-electron chi connectivity index (χ3n) is 7.74. The van der Waals surface area contributed by atoms with Crippen molar-refractivity contribution in [3.05, 3.63) is 36.4 Å². The van der Waals surface area contributed by atoms with E-state index in [-0.39, 0.29) is 41.3 Å². The number of fused-ring (bicyclic) bond motifs is 2. The number of ether oxygens (including phenoxy) is 1. The predicted octanol–water partition coefficient (Wildman–Crippen LogP) is 4.73. The van der Waals surface area contributed by atoms with Crippen LogP contribution in [0.1, 0.15) is 44.9 Å². The van der Waals surface area contributed by atoms with Gasteiger partial charge in [0.2, 0.25) is 0 Å². The van der Waals surface area contributed by atoms with Crippen LogP contribution < -0.4 is 9.64 Å². The lowest BCUT2D eigenvalue weighted by molar-refractivity contribution is 0.0631. The highest BCUT2D eigenvalue weighted by Crippen LogP contribution is 2.46. The Bertz CT molecular complexity index is 1260. The molecule has 4 atom stereocenters. The predicted molar refractivity (Wildman–Crippen MR) is 129 cm³/mol. The number of phenols is 1. The van der Waals surface area contributed by atoms with Crippen LogP contribution in [0.3, 0.4) is 0 Å². The number of aromatic nitrogens is 5. The molecule has 2 bridgehead atoms. The Balaban J connectivity index is 1.26. The lowest BCUT2D eigenvalue weighted by Crippen LogP contribution is -2.52. The minimum Gasteiger partial charge on any atom is -0.507 e. The molecule has 0 saturated heterocycles. The van der Waals surface area contributed by atoms with Gasteiger partial charge < -0.3 is 14.7 Å². The number of halogens is 2. The molecule has 3 fully saturated rings. The molecule has 2 aromatic heterocycles. The average molecular weight is 495 g/mol. The van der Waals surface area contributed by atoms with E-state index < -0.39 is 12.0 Å². The van der Waals surface area contributed by atoms with Crippen LogP contribution in [0, 0.1) is 17.7 Å². The van der Waals surface area contributed by atoms with Crippen molar-refractivity contribution in [2.45, 2.75) is 63.2 Å². The van der Waals surface area contributed by atoms with Crippen LogP contribution in [-0.4, -0.2) is 55.6 Å². The molecule has 8 nitrogen and oxygen atoms in total. The smallest absolute Gasteiger partial charge is 0.316 e. The second-order valence-corrected chi connectivity index (χ2v) is 10.1. The molecule has 3 aliphatic rings. The zero-order valence-corrected chi connectivity index (χ0v) is 20.0. The molecule has 0 radical (unpaired) electrons. The van der Waals surface area contributed by atoms with Crippen molar-refractivity contribution in [3.63, 3.8) is 0 Å². The first-order chi connectivity index (χ1) is 17.5. The highest BCUT2D eigenvalue weighted by atomic mass is 19.1. The summed E-state index contributed by atoms with van der Waals surface area (Å²) in [5, 5.41) is 19.4. The highest BCUT2D eigenvalue weighted by Gasteiger charge is 2.46. The lowest BCUT2D eigenvalue weighted by Gasteiger charge is -2.46. The van der Waals surface area contributed by atoms with Crippen molar-refractivity contribution < 1.29 is 18.6 Å². The van der Waals surface area contributed by atoms with Gasteiger partial charge in [-0.15, -0.1) is 10.2 Å². The maximum absolute atomic E-state index is 15.5. The summed E-state index contributed by atoms with van der Waals surface area (Å²) in [6, 6.07) is 4.71. The minimum absolute atomic E-state index is 0.0104. The molecule has 1 aromatic carbocycles. The topological polar surface area (TPSA) is 97.2 Å². The molecule has 2 heterocycles. The van der Waals surface area contributed by atoms with Crippen molar-refractivity contribution in [2.24, 2.45) is 11.8 Å². The molecule has 1 N–H and O–H groups in total. The van der Waals surface area contributed by atoms with Gasteiger partial charge in [-0.25, -0.2) is 18.7 Å². The molecule has 3 aliphatic carbocycles. The zero-order valence-electron chi connectivity index (χ0n) is 20.0. The quantitative estimate of drug-likeness (QED) is 0.525. The Morgan fingerprint density at radius 2 is 1.92 bits per heavy atom. The van der Waals surface area contributed by atoms with Crippen molar-refractivity contribution in [1.82, 2.24) is 25.1 Å². The van der Waals surface area contributed by atoms with Crippen LogP contribution >= 0.6 is 0 Å². The second-order valence-electron chi connectivity index (χ2n) is 10.1. The number of alkyl halides is 1. The van der Waals surface area contributed by atoms with E-state index in [2.05, 4.69) is 30.0 Å². The van der Waals surface area contributed by atoms with Crippen LogP contribution in [0.15, 0.2) is 30.6 Å². The van der Waals surface area contributed by atoms with Gasteiger partial charge in [-0.1, -0.05) is 18.9 Å². The SMILES string of the molecule is COc1ncc(F)c(-c2ccc(-c3ncc(N(C4CC4)[C@H]4C[C@@H]5CCC[C@@H](C5)[C@H]4F)nn3)c(O)c2)n1. The Morgan fingerprint density at radius 3 is 2.64 bits per heavy atom. The van der Waals surface area contributed by atoms with Crippen molar-refractivity contribution in [2.75, 3.05) is 12.0 Å². The number of anilines is 1. The third kappa shape index (κ3) is 4.22. The molecule has 0 unspecified atom stereocenters. The van der Waals surface area contributed by atoms with Crippen LogP contribution in [0.5, 0.6) is 11.8 Å². The molecular weight excluding hydrogens is 466 g/mol. The van der Waals surface area contributed by atoms with Gasteiger partial charge in [-0.2, -0.15) is 4.98 Å². The lowest BCUT2D eigenvalue weighted by atomic mass is 9.69. The van der Waals surface area contributed by atoms with Crippen LogP contribution in [-0.2, 0) is 0 Å². The van der Waals surface area contributed by atoms with E-state index in [9.17, 15) is 9.50 Å². The van der Waals surface area contributed by atoms with Crippen molar-refractivity contribution >= 4 is 5.82 Å². The number of phenolic OH excluding ortho intramolecular Hbond substituents is 1. The average Bonchev–Trinajstić information content (AvgIpc) is 3.73. The molecule has 6 rings (SSSR count). The molecule has 188 valence electrons. The van der Waals surface area contributed by atoms with E-state index in [1.54, 1.807) is 18.3 Å². The fourth-order valence-electron chi connectivity index (χ4n) is 5.90. The Labute approximate surface area is 207 Å². The number of hydrogen-bond acceptors (Lipinski definition) is 8. The van der Waals surface area contributed by atoms with E-state index in [4.69, 9.17) is 4.74 Å². The number of rotatable bonds is 6. The monoisotopic (exact) mass is 494 g/mol. The minimum atomic E-state index is -0.860. The normalized spacial score (nSPS) is 25.4. The number of benzene rings is 1. The summed E-state index contributed by atoms with van der Waals surface area (Å²) < 4.78 is 34.7. The van der Waals surface area contributed by atoms with E-state index >= 15 is 4.39 Å². The van der Waals surface area contributed by atoms with Crippen LogP contribution in [0.4, 0.5) is 14.6 Å². The summed E-state index contributed by atoms with van der Waals surface area (Å²) in [4.78, 5) is 14.3. The third-order valence-corrected chi connectivity index (χ3v) is 7.74. The maximum atomic E-state index is 15.5. The van der Waals surface area contributed by atoms with Gasteiger partial charge in [-0.3, -0.25) is 0 Å². The summed E-state index contributed by atoms with van der Waals surface area (Å²) in [7, 11) is 1.39. The fourth-order valence-corrected chi connectivity index (χ4v) is 5.90. The van der Waals surface area contributed by atoms with Gasteiger partial charge in [0.15, 0.2) is 17.5 Å². The van der Waals surface area contributed by atoms with Gasteiger partial charge in [0.25, 0.3) is 0 Å². The molecule has 10 heteroatoms. The second kappa shape index (κ2) is 9.22.